The third-order valence-corrected chi connectivity index (χ3v) is 4.44. The number of aromatic nitrogens is 5. The highest BCUT2D eigenvalue weighted by atomic mass is 16.5. The largest absolute Gasteiger partial charge is 0.379 e. The first-order chi connectivity index (χ1) is 12.2. The Morgan fingerprint density at radius 1 is 1.16 bits per heavy atom. The van der Waals surface area contributed by atoms with E-state index in [1.165, 1.54) is 0 Å². The molecule has 0 spiro atoms. The van der Waals surface area contributed by atoms with E-state index in [0.717, 1.165) is 56.0 Å². The predicted molar refractivity (Wildman–Crippen MR) is 92.2 cm³/mol. The van der Waals surface area contributed by atoms with Crippen LogP contribution in [-0.4, -0.2) is 62.9 Å². The second kappa shape index (κ2) is 6.89. The Labute approximate surface area is 145 Å². The van der Waals surface area contributed by atoms with E-state index in [-0.39, 0.29) is 5.92 Å². The van der Waals surface area contributed by atoms with Crippen LogP contribution in [-0.2, 0) is 11.3 Å². The number of ether oxygens (including phenoxy) is 1. The molecule has 8 nitrogen and oxygen atoms in total. The Balaban J connectivity index is 1.51. The van der Waals surface area contributed by atoms with E-state index in [9.17, 15) is 0 Å². The molecular formula is C17H22N6O2. The monoisotopic (exact) mass is 342 g/mol. The van der Waals surface area contributed by atoms with Crippen molar-refractivity contribution < 1.29 is 9.26 Å². The van der Waals surface area contributed by atoms with Crippen molar-refractivity contribution in [2.75, 3.05) is 32.8 Å². The number of rotatable bonds is 5. The average Bonchev–Trinajstić information content (AvgIpc) is 3.28. The average molecular weight is 342 g/mol. The number of hydrogen-bond acceptors (Lipinski definition) is 7. The molecule has 3 heterocycles. The van der Waals surface area contributed by atoms with Crippen LogP contribution >= 0.6 is 0 Å². The molecule has 132 valence electrons. The van der Waals surface area contributed by atoms with Crippen molar-refractivity contribution in [3.05, 3.63) is 24.1 Å². The molecule has 0 amide bonds. The summed E-state index contributed by atoms with van der Waals surface area (Å²) >= 11 is 0. The van der Waals surface area contributed by atoms with Crippen LogP contribution in [0.25, 0.3) is 22.4 Å². The minimum Gasteiger partial charge on any atom is -0.379 e. The fourth-order valence-corrected chi connectivity index (χ4v) is 2.92. The summed E-state index contributed by atoms with van der Waals surface area (Å²) in [5.41, 5.74) is 2.75. The summed E-state index contributed by atoms with van der Waals surface area (Å²) in [4.78, 5) is 6.83. The van der Waals surface area contributed by atoms with Crippen molar-refractivity contribution in [2.45, 2.75) is 26.3 Å². The molecule has 1 aromatic carbocycles. The van der Waals surface area contributed by atoms with Crippen LogP contribution in [0.1, 0.15) is 25.7 Å². The van der Waals surface area contributed by atoms with Gasteiger partial charge < -0.3 is 9.26 Å². The summed E-state index contributed by atoms with van der Waals surface area (Å²) in [6.07, 6.45) is 0. The molecule has 1 saturated heterocycles. The Bertz CT molecular complexity index is 850. The molecule has 4 rings (SSSR count). The quantitative estimate of drug-likeness (QED) is 0.701. The lowest BCUT2D eigenvalue weighted by atomic mass is 10.2. The van der Waals surface area contributed by atoms with Crippen molar-refractivity contribution in [1.82, 2.24) is 30.0 Å². The molecule has 0 saturated carbocycles. The lowest BCUT2D eigenvalue weighted by Gasteiger charge is -2.26. The zero-order chi connectivity index (χ0) is 17.2. The molecule has 0 unspecified atom stereocenters. The summed E-state index contributed by atoms with van der Waals surface area (Å²) in [6, 6.07) is 5.98. The van der Waals surface area contributed by atoms with Crippen molar-refractivity contribution in [3.8, 4) is 11.4 Å². The lowest BCUT2D eigenvalue weighted by molar-refractivity contribution is 0.0360. The fraction of sp³-hybridized carbons (Fsp3) is 0.529. The molecule has 0 bridgehead atoms. The highest BCUT2D eigenvalue weighted by Gasteiger charge is 2.14. The number of fused-ring (bicyclic) bond motifs is 1. The molecule has 0 aliphatic carbocycles. The molecule has 1 aliphatic heterocycles. The smallest absolute Gasteiger partial charge is 0.229 e. The van der Waals surface area contributed by atoms with Crippen LogP contribution < -0.4 is 0 Å². The third-order valence-electron chi connectivity index (χ3n) is 4.44. The third kappa shape index (κ3) is 3.40. The van der Waals surface area contributed by atoms with Crippen LogP contribution in [0.3, 0.4) is 0 Å². The van der Waals surface area contributed by atoms with Crippen LogP contribution in [0, 0.1) is 0 Å². The molecule has 1 aliphatic rings. The maximum atomic E-state index is 5.38. The first-order valence-corrected chi connectivity index (χ1v) is 8.68. The van der Waals surface area contributed by atoms with Gasteiger partial charge in [-0.1, -0.05) is 24.2 Å². The van der Waals surface area contributed by atoms with E-state index in [1.54, 1.807) is 0 Å². The van der Waals surface area contributed by atoms with Gasteiger partial charge in [0.2, 0.25) is 11.7 Å². The normalized spacial score (nSPS) is 16.1. The van der Waals surface area contributed by atoms with Crippen LogP contribution in [0.4, 0.5) is 0 Å². The Kier molecular flexibility index (Phi) is 4.46. The van der Waals surface area contributed by atoms with Gasteiger partial charge >= 0.3 is 0 Å². The van der Waals surface area contributed by atoms with Gasteiger partial charge in [-0.25, -0.2) is 4.68 Å². The molecule has 0 N–H and O–H groups in total. The Hall–Kier alpha value is -2.32. The number of hydrogen-bond donors (Lipinski definition) is 0. The summed E-state index contributed by atoms with van der Waals surface area (Å²) < 4.78 is 12.6. The van der Waals surface area contributed by atoms with E-state index in [0.29, 0.717) is 11.7 Å². The molecule has 3 aromatic rings. The summed E-state index contributed by atoms with van der Waals surface area (Å²) in [6.45, 7) is 9.40. The van der Waals surface area contributed by atoms with Crippen molar-refractivity contribution >= 4 is 11.0 Å². The molecule has 0 radical (unpaired) electrons. The summed E-state index contributed by atoms with van der Waals surface area (Å²) in [5.74, 6) is 1.45. The molecule has 2 aromatic heterocycles. The van der Waals surface area contributed by atoms with Gasteiger partial charge in [-0.3, -0.25) is 4.90 Å². The highest BCUT2D eigenvalue weighted by molar-refractivity contribution is 5.79. The van der Waals surface area contributed by atoms with Gasteiger partial charge in [-0.2, -0.15) is 4.98 Å². The second-order valence-corrected chi connectivity index (χ2v) is 6.58. The minimum atomic E-state index is 0.214. The van der Waals surface area contributed by atoms with Gasteiger partial charge in [0.05, 0.1) is 25.3 Å². The van der Waals surface area contributed by atoms with Gasteiger partial charge in [0.25, 0.3) is 0 Å². The standard InChI is InChI=1S/C17H22N6O2/c1-12(2)17-18-16(20-25-17)13-3-4-15-14(11-13)19-21-23(15)6-5-22-7-9-24-10-8-22/h3-4,11-12H,5-10H2,1-2H3. The predicted octanol–water partition coefficient (Wildman–Crippen LogP) is 1.94. The zero-order valence-electron chi connectivity index (χ0n) is 14.6. The van der Waals surface area contributed by atoms with Gasteiger partial charge in [-0.05, 0) is 18.2 Å². The maximum absolute atomic E-state index is 5.38. The van der Waals surface area contributed by atoms with Crippen LogP contribution in [0.15, 0.2) is 22.7 Å². The number of benzene rings is 1. The molecule has 25 heavy (non-hydrogen) atoms. The van der Waals surface area contributed by atoms with E-state index in [1.807, 2.05) is 36.7 Å². The first kappa shape index (κ1) is 16.2. The van der Waals surface area contributed by atoms with Gasteiger partial charge in [-0.15, -0.1) is 5.10 Å². The Morgan fingerprint density at radius 2 is 2.00 bits per heavy atom. The van der Waals surface area contributed by atoms with Gasteiger partial charge in [0.15, 0.2) is 0 Å². The van der Waals surface area contributed by atoms with E-state index >= 15 is 0 Å². The first-order valence-electron chi connectivity index (χ1n) is 8.68. The number of morpholine rings is 1. The highest BCUT2D eigenvalue weighted by Crippen LogP contribution is 2.23. The second-order valence-electron chi connectivity index (χ2n) is 6.58. The van der Waals surface area contributed by atoms with Crippen molar-refractivity contribution in [1.29, 1.82) is 0 Å². The zero-order valence-corrected chi connectivity index (χ0v) is 14.6. The van der Waals surface area contributed by atoms with Gasteiger partial charge in [0, 0.05) is 31.1 Å². The summed E-state index contributed by atoms with van der Waals surface area (Å²) in [5, 5.41) is 12.6. The van der Waals surface area contributed by atoms with Crippen LogP contribution in [0.2, 0.25) is 0 Å². The van der Waals surface area contributed by atoms with E-state index in [2.05, 4.69) is 25.4 Å². The SMILES string of the molecule is CC(C)c1nc(-c2ccc3c(c2)nnn3CCN2CCOCC2)no1. The van der Waals surface area contributed by atoms with Gasteiger partial charge in [0.1, 0.15) is 5.52 Å². The maximum Gasteiger partial charge on any atom is 0.229 e. The molecule has 0 atom stereocenters. The topological polar surface area (TPSA) is 82.1 Å². The molecular weight excluding hydrogens is 320 g/mol. The van der Waals surface area contributed by atoms with Crippen LogP contribution in [0.5, 0.6) is 0 Å². The molecule has 1 fully saturated rings. The van der Waals surface area contributed by atoms with E-state index < -0.39 is 0 Å². The van der Waals surface area contributed by atoms with Crippen molar-refractivity contribution in [2.24, 2.45) is 0 Å². The van der Waals surface area contributed by atoms with Crippen molar-refractivity contribution in [3.63, 3.8) is 0 Å². The lowest BCUT2D eigenvalue weighted by Crippen LogP contribution is -2.38. The number of nitrogens with zero attached hydrogens (tertiary/aromatic N) is 6. The summed E-state index contributed by atoms with van der Waals surface area (Å²) in [7, 11) is 0. The van der Waals surface area contributed by atoms with E-state index in [4.69, 9.17) is 9.26 Å². The minimum absolute atomic E-state index is 0.214. The Morgan fingerprint density at radius 3 is 2.76 bits per heavy atom. The fourth-order valence-electron chi connectivity index (χ4n) is 2.92. The molecule has 8 heteroatoms.